The largest absolute Gasteiger partial charge is 0.496 e. The smallest absolute Gasteiger partial charge is 0.247 e. The van der Waals surface area contributed by atoms with Crippen molar-refractivity contribution in [3.63, 3.8) is 0 Å². The van der Waals surface area contributed by atoms with Gasteiger partial charge in [-0.25, -0.2) is 9.37 Å². The lowest BCUT2D eigenvalue weighted by Gasteiger charge is -2.20. The number of nitrogens with one attached hydrogen (secondary N) is 1. The molecule has 1 aliphatic rings. The van der Waals surface area contributed by atoms with Crippen LogP contribution in [-0.2, 0) is 17.6 Å². The fourth-order valence-electron chi connectivity index (χ4n) is 3.57. The molecule has 0 aliphatic carbocycles. The molecule has 0 spiro atoms. The Morgan fingerprint density at radius 2 is 2.00 bits per heavy atom. The predicted octanol–water partition coefficient (Wildman–Crippen LogP) is 2.88. The molecule has 2 aromatic carbocycles. The molecule has 0 saturated carbocycles. The fourth-order valence-corrected chi connectivity index (χ4v) is 3.57. The molecule has 1 aromatic heterocycles. The monoisotopic (exact) mass is 365 g/mol. The maximum atomic E-state index is 13.2. The standard InChI is InChI=1S/C21H20FN3O2/c1-27-19-5-3-2-4-16(19)20-21(26)23-11-10-18-17(24-13-25(18)20)12-14-6-8-15(22)9-7-14/h2-9,13,20H,10-12H2,1H3,(H,23,26). The zero-order valence-corrected chi connectivity index (χ0v) is 15.0. The van der Waals surface area contributed by atoms with Crippen LogP contribution in [0.25, 0.3) is 0 Å². The molecule has 2 heterocycles. The van der Waals surface area contributed by atoms with Gasteiger partial charge in [-0.15, -0.1) is 0 Å². The molecule has 1 atom stereocenters. The molecule has 1 unspecified atom stereocenters. The van der Waals surface area contributed by atoms with Crippen LogP contribution in [0.5, 0.6) is 5.75 Å². The first-order valence-electron chi connectivity index (χ1n) is 8.87. The van der Waals surface area contributed by atoms with E-state index in [2.05, 4.69) is 10.3 Å². The molecule has 0 radical (unpaired) electrons. The van der Waals surface area contributed by atoms with Gasteiger partial charge < -0.3 is 14.6 Å². The van der Waals surface area contributed by atoms with E-state index in [0.29, 0.717) is 25.1 Å². The molecule has 0 bridgehead atoms. The molecule has 6 heteroatoms. The number of fused-ring (bicyclic) bond motifs is 1. The topological polar surface area (TPSA) is 56.1 Å². The van der Waals surface area contributed by atoms with E-state index in [9.17, 15) is 9.18 Å². The van der Waals surface area contributed by atoms with Crippen molar-refractivity contribution in [2.45, 2.75) is 18.9 Å². The number of methoxy groups -OCH3 is 1. The summed E-state index contributed by atoms with van der Waals surface area (Å²) in [5.74, 6) is 0.330. The van der Waals surface area contributed by atoms with E-state index in [1.807, 2.05) is 28.8 Å². The van der Waals surface area contributed by atoms with E-state index in [1.165, 1.54) is 12.1 Å². The SMILES string of the molecule is COc1ccccc1C1C(=O)NCCc2c(Cc3ccc(F)cc3)ncn21. The van der Waals surface area contributed by atoms with Crippen LogP contribution >= 0.6 is 0 Å². The van der Waals surface area contributed by atoms with Crippen LogP contribution in [0.15, 0.2) is 54.9 Å². The number of hydrogen-bond acceptors (Lipinski definition) is 3. The first-order chi connectivity index (χ1) is 13.2. The third kappa shape index (κ3) is 3.30. The van der Waals surface area contributed by atoms with Crippen molar-refractivity contribution < 1.29 is 13.9 Å². The number of imidazole rings is 1. The highest BCUT2D eigenvalue weighted by molar-refractivity contribution is 5.85. The molecular formula is C21H20FN3O2. The Bertz CT molecular complexity index is 966. The molecule has 1 N–H and O–H groups in total. The molecule has 3 aromatic rings. The van der Waals surface area contributed by atoms with E-state index in [1.54, 1.807) is 25.6 Å². The molecule has 4 rings (SSSR count). The van der Waals surface area contributed by atoms with Crippen LogP contribution in [0, 0.1) is 5.82 Å². The Balaban J connectivity index is 1.75. The average Bonchev–Trinajstić information content (AvgIpc) is 2.98. The molecule has 138 valence electrons. The zero-order chi connectivity index (χ0) is 18.8. The van der Waals surface area contributed by atoms with Crippen molar-refractivity contribution in [3.05, 3.63) is 83.2 Å². The maximum Gasteiger partial charge on any atom is 0.247 e. The number of ether oxygens (including phenoxy) is 1. The van der Waals surface area contributed by atoms with Crippen LogP contribution in [0.3, 0.4) is 0 Å². The van der Waals surface area contributed by atoms with E-state index >= 15 is 0 Å². The highest BCUT2D eigenvalue weighted by atomic mass is 19.1. The summed E-state index contributed by atoms with van der Waals surface area (Å²) in [7, 11) is 1.60. The number of para-hydroxylation sites is 1. The Kier molecular flexibility index (Phi) is 4.62. The third-order valence-electron chi connectivity index (χ3n) is 4.89. The van der Waals surface area contributed by atoms with Gasteiger partial charge in [0.15, 0.2) is 0 Å². The van der Waals surface area contributed by atoms with E-state index in [0.717, 1.165) is 22.5 Å². The second kappa shape index (κ2) is 7.23. The van der Waals surface area contributed by atoms with Gasteiger partial charge in [-0.3, -0.25) is 4.79 Å². The van der Waals surface area contributed by atoms with Crippen molar-refractivity contribution in [3.8, 4) is 5.75 Å². The molecule has 5 nitrogen and oxygen atoms in total. The molecule has 27 heavy (non-hydrogen) atoms. The Labute approximate surface area is 156 Å². The first kappa shape index (κ1) is 17.3. The van der Waals surface area contributed by atoms with Crippen molar-refractivity contribution >= 4 is 5.91 Å². The number of amides is 1. The van der Waals surface area contributed by atoms with Gasteiger partial charge in [-0.1, -0.05) is 30.3 Å². The summed E-state index contributed by atoms with van der Waals surface area (Å²) in [4.78, 5) is 17.4. The molecule has 0 fully saturated rings. The summed E-state index contributed by atoms with van der Waals surface area (Å²) in [5, 5.41) is 2.98. The summed E-state index contributed by atoms with van der Waals surface area (Å²) in [5.41, 5.74) is 3.69. The van der Waals surface area contributed by atoms with Gasteiger partial charge in [-0.05, 0) is 23.8 Å². The molecule has 1 amide bonds. The lowest BCUT2D eigenvalue weighted by Crippen LogP contribution is -2.31. The Hall–Kier alpha value is -3.15. The van der Waals surface area contributed by atoms with E-state index in [4.69, 9.17) is 4.74 Å². The van der Waals surface area contributed by atoms with Crippen molar-refractivity contribution in [1.82, 2.24) is 14.9 Å². The van der Waals surface area contributed by atoms with Crippen LogP contribution in [0.2, 0.25) is 0 Å². The predicted molar refractivity (Wildman–Crippen MR) is 99.3 cm³/mol. The van der Waals surface area contributed by atoms with Crippen LogP contribution < -0.4 is 10.1 Å². The van der Waals surface area contributed by atoms with Crippen LogP contribution in [0.4, 0.5) is 4.39 Å². The minimum atomic E-state index is -0.534. The fraction of sp³-hybridized carbons (Fsp3) is 0.238. The first-order valence-corrected chi connectivity index (χ1v) is 8.87. The number of rotatable bonds is 4. The maximum absolute atomic E-state index is 13.2. The van der Waals surface area contributed by atoms with Crippen molar-refractivity contribution in [1.29, 1.82) is 0 Å². The number of hydrogen-bond donors (Lipinski definition) is 1. The van der Waals surface area contributed by atoms with Gasteiger partial charge in [0.2, 0.25) is 5.91 Å². The Morgan fingerprint density at radius 1 is 1.22 bits per heavy atom. The summed E-state index contributed by atoms with van der Waals surface area (Å²) in [6.07, 6.45) is 3.00. The highest BCUT2D eigenvalue weighted by Gasteiger charge is 2.30. The molecular weight excluding hydrogens is 345 g/mol. The number of carbonyl (C=O) groups is 1. The van der Waals surface area contributed by atoms with Gasteiger partial charge in [0.1, 0.15) is 17.6 Å². The number of nitrogens with zero attached hydrogens (tertiary/aromatic N) is 2. The lowest BCUT2D eigenvalue weighted by atomic mass is 10.0. The molecule has 1 aliphatic heterocycles. The van der Waals surface area contributed by atoms with Crippen LogP contribution in [0.1, 0.15) is 28.6 Å². The summed E-state index contributed by atoms with van der Waals surface area (Å²) in [6, 6.07) is 13.4. The van der Waals surface area contributed by atoms with Crippen molar-refractivity contribution in [2.75, 3.05) is 13.7 Å². The highest BCUT2D eigenvalue weighted by Crippen LogP contribution is 2.31. The second-order valence-corrected chi connectivity index (χ2v) is 6.53. The van der Waals surface area contributed by atoms with E-state index in [-0.39, 0.29) is 11.7 Å². The van der Waals surface area contributed by atoms with E-state index < -0.39 is 6.04 Å². The lowest BCUT2D eigenvalue weighted by molar-refractivity contribution is -0.122. The van der Waals surface area contributed by atoms with Gasteiger partial charge >= 0.3 is 0 Å². The normalized spacial score (nSPS) is 16.4. The molecule has 0 saturated heterocycles. The summed E-state index contributed by atoms with van der Waals surface area (Å²) in [6.45, 7) is 0.548. The number of halogens is 1. The van der Waals surface area contributed by atoms with Gasteiger partial charge in [0.05, 0.1) is 19.1 Å². The number of carbonyl (C=O) groups excluding carboxylic acids is 1. The minimum absolute atomic E-state index is 0.0796. The zero-order valence-electron chi connectivity index (χ0n) is 15.0. The van der Waals surface area contributed by atoms with Crippen molar-refractivity contribution in [2.24, 2.45) is 0 Å². The number of aromatic nitrogens is 2. The van der Waals surface area contributed by atoms with Gasteiger partial charge in [0.25, 0.3) is 0 Å². The van der Waals surface area contributed by atoms with Crippen LogP contribution in [-0.4, -0.2) is 29.1 Å². The van der Waals surface area contributed by atoms with Gasteiger partial charge in [0, 0.05) is 30.6 Å². The summed E-state index contributed by atoms with van der Waals surface area (Å²) >= 11 is 0. The summed E-state index contributed by atoms with van der Waals surface area (Å²) < 4.78 is 20.6. The quantitative estimate of drug-likeness (QED) is 0.774. The average molecular weight is 365 g/mol. The number of benzene rings is 2. The second-order valence-electron chi connectivity index (χ2n) is 6.53. The third-order valence-corrected chi connectivity index (χ3v) is 4.89. The van der Waals surface area contributed by atoms with Gasteiger partial charge in [-0.2, -0.15) is 0 Å². The Morgan fingerprint density at radius 3 is 2.78 bits per heavy atom. The minimum Gasteiger partial charge on any atom is -0.496 e.